The van der Waals surface area contributed by atoms with E-state index >= 15 is 0 Å². The first kappa shape index (κ1) is 26.7. The minimum Gasteiger partial charge on any atom is -0.493 e. The lowest BCUT2D eigenvalue weighted by atomic mass is 9.99. The quantitative estimate of drug-likeness (QED) is 0.311. The van der Waals surface area contributed by atoms with Crippen LogP contribution < -0.4 is 4.74 Å². The fraction of sp³-hybridized carbons (Fsp3) is 0.345. The van der Waals surface area contributed by atoms with Crippen LogP contribution in [0.15, 0.2) is 61.1 Å². The number of benzene rings is 2. The number of hydrogen-bond donors (Lipinski definition) is 1. The van der Waals surface area contributed by atoms with Crippen molar-refractivity contribution in [1.29, 1.82) is 0 Å². The second-order valence-corrected chi connectivity index (χ2v) is 9.73. The average Bonchev–Trinajstić information content (AvgIpc) is 3.54. The Kier molecular flexibility index (Phi) is 7.83. The summed E-state index contributed by atoms with van der Waals surface area (Å²) in [5.74, 6) is -0.164. The van der Waals surface area contributed by atoms with E-state index in [2.05, 4.69) is 15.2 Å². The summed E-state index contributed by atoms with van der Waals surface area (Å²) in [6.07, 6.45) is 2.45. The minimum absolute atomic E-state index is 0.0251. The summed E-state index contributed by atoms with van der Waals surface area (Å²) in [4.78, 5) is 21.5. The molecule has 1 aliphatic rings. The maximum atomic E-state index is 13.9. The monoisotopic (exact) mass is 537 g/mol. The van der Waals surface area contributed by atoms with E-state index in [-0.39, 0.29) is 24.8 Å². The molecule has 0 spiro atoms. The van der Waals surface area contributed by atoms with E-state index in [0.29, 0.717) is 42.0 Å². The third-order valence-electron chi connectivity index (χ3n) is 7.17. The molecule has 204 valence electrons. The van der Waals surface area contributed by atoms with E-state index < -0.39 is 18.4 Å². The van der Waals surface area contributed by atoms with Gasteiger partial charge in [-0.05, 0) is 49.2 Å². The Balaban J connectivity index is 1.46. The number of nitrogens with one attached hydrogen (secondary N) is 1. The highest BCUT2D eigenvalue weighted by atomic mass is 19.2. The van der Waals surface area contributed by atoms with Crippen molar-refractivity contribution in [3.05, 3.63) is 78.0 Å². The largest absolute Gasteiger partial charge is 0.493 e. The molecule has 1 amide bonds. The Morgan fingerprint density at radius 1 is 1.15 bits per heavy atom. The number of nitrogens with zero attached hydrogens (tertiary/aromatic N) is 4. The van der Waals surface area contributed by atoms with Crippen LogP contribution in [0.5, 0.6) is 5.75 Å². The number of aromatic amines is 1. The molecular weight excluding hydrogens is 507 g/mol. The molecule has 0 radical (unpaired) electrons. The number of amides is 1. The number of carbonyl (C=O) groups excluding carboxylic acids is 1. The molecular formula is C29H30F3N5O2. The average molecular weight is 538 g/mol. The number of rotatable bonds is 9. The summed E-state index contributed by atoms with van der Waals surface area (Å²) in [5.41, 5.74) is 3.22. The van der Waals surface area contributed by atoms with Crippen LogP contribution >= 0.6 is 0 Å². The fourth-order valence-electron chi connectivity index (χ4n) is 5.15. The molecule has 0 bridgehead atoms. The number of hydrogen-bond acceptors (Lipinski definition) is 5. The molecule has 1 fully saturated rings. The van der Waals surface area contributed by atoms with E-state index in [1.807, 2.05) is 6.92 Å². The van der Waals surface area contributed by atoms with Crippen LogP contribution in [-0.4, -0.2) is 76.5 Å². The fourth-order valence-corrected chi connectivity index (χ4v) is 5.15. The molecule has 3 atom stereocenters. The second-order valence-electron chi connectivity index (χ2n) is 9.73. The van der Waals surface area contributed by atoms with Gasteiger partial charge in [0.25, 0.3) is 5.91 Å². The number of fused-ring (bicyclic) bond motifs is 1. The van der Waals surface area contributed by atoms with Gasteiger partial charge in [-0.3, -0.25) is 19.8 Å². The smallest absolute Gasteiger partial charge is 0.254 e. The topological polar surface area (TPSA) is 74.3 Å². The minimum atomic E-state index is -1.51. The van der Waals surface area contributed by atoms with Crippen molar-refractivity contribution in [2.75, 3.05) is 33.3 Å². The first-order valence-corrected chi connectivity index (χ1v) is 12.9. The van der Waals surface area contributed by atoms with E-state index in [9.17, 15) is 18.0 Å². The van der Waals surface area contributed by atoms with Crippen LogP contribution in [0.2, 0.25) is 0 Å². The van der Waals surface area contributed by atoms with Gasteiger partial charge in [0.15, 0.2) is 0 Å². The van der Waals surface area contributed by atoms with Crippen molar-refractivity contribution >= 4 is 16.8 Å². The van der Waals surface area contributed by atoms with Crippen molar-refractivity contribution in [2.45, 2.75) is 31.7 Å². The molecule has 1 N–H and O–H groups in total. The maximum Gasteiger partial charge on any atom is 0.254 e. The summed E-state index contributed by atoms with van der Waals surface area (Å²) in [5, 5.41) is 7.90. The Morgan fingerprint density at radius 3 is 2.69 bits per heavy atom. The first-order valence-electron chi connectivity index (χ1n) is 12.9. The summed E-state index contributed by atoms with van der Waals surface area (Å²) in [7, 11) is 1.70. The van der Waals surface area contributed by atoms with Gasteiger partial charge in [-0.15, -0.1) is 0 Å². The third kappa shape index (κ3) is 5.61. The SMILES string of the molecule is CCOc1cc(C(=O)N(C)[C@H](CCN2C[C@@H](F)[C@@H](F)C2)c2cncc3cn[nH]c23)ccc1-c1cccc(F)c1. The molecule has 7 nitrogen and oxygen atoms in total. The second kappa shape index (κ2) is 11.4. The normalized spacial score (nSPS) is 18.4. The highest BCUT2D eigenvalue weighted by Crippen LogP contribution is 2.34. The molecule has 0 aliphatic carbocycles. The number of ether oxygens (including phenoxy) is 1. The molecule has 0 unspecified atom stereocenters. The standard InChI is InChI=1S/C29H30F3N5O2/c1-3-39-27-12-19(7-8-22(27)18-5-4-6-21(30)11-18)29(38)36(2)26(9-10-37-16-24(31)25(32)17-37)23-15-33-13-20-14-34-35-28(20)23/h4-8,11-15,24-26H,3,9-10,16-17H2,1-2H3,(H,34,35)/t24-,25+,26-/m1/s1. The van der Waals surface area contributed by atoms with Gasteiger partial charge in [0, 0.05) is 61.2 Å². The number of likely N-dealkylation sites (tertiary alicyclic amines) is 1. The lowest BCUT2D eigenvalue weighted by Gasteiger charge is -2.30. The van der Waals surface area contributed by atoms with Gasteiger partial charge >= 0.3 is 0 Å². The predicted octanol–water partition coefficient (Wildman–Crippen LogP) is 5.36. The number of carbonyl (C=O) groups is 1. The summed E-state index contributed by atoms with van der Waals surface area (Å²) in [6, 6.07) is 10.8. The zero-order valence-corrected chi connectivity index (χ0v) is 21.8. The molecule has 3 heterocycles. The van der Waals surface area contributed by atoms with Crippen molar-refractivity contribution in [3.8, 4) is 16.9 Å². The van der Waals surface area contributed by atoms with Crippen molar-refractivity contribution in [2.24, 2.45) is 0 Å². The Morgan fingerprint density at radius 2 is 1.95 bits per heavy atom. The molecule has 4 aromatic rings. The van der Waals surface area contributed by atoms with Crippen molar-refractivity contribution in [1.82, 2.24) is 25.0 Å². The van der Waals surface area contributed by atoms with Crippen LogP contribution in [0.25, 0.3) is 22.0 Å². The number of H-pyrrole nitrogens is 1. The van der Waals surface area contributed by atoms with Gasteiger partial charge in [-0.1, -0.05) is 12.1 Å². The lowest BCUT2D eigenvalue weighted by Crippen LogP contribution is -2.34. The van der Waals surface area contributed by atoms with Gasteiger partial charge in [-0.25, -0.2) is 13.2 Å². The molecule has 0 saturated carbocycles. The predicted molar refractivity (Wildman–Crippen MR) is 143 cm³/mol. The van der Waals surface area contributed by atoms with E-state index in [0.717, 1.165) is 16.5 Å². The number of halogens is 3. The third-order valence-corrected chi connectivity index (χ3v) is 7.17. The van der Waals surface area contributed by atoms with Gasteiger partial charge in [0.2, 0.25) is 0 Å². The van der Waals surface area contributed by atoms with Gasteiger partial charge < -0.3 is 9.64 Å². The van der Waals surface area contributed by atoms with Gasteiger partial charge in [-0.2, -0.15) is 5.10 Å². The van der Waals surface area contributed by atoms with Crippen LogP contribution in [0.1, 0.15) is 35.3 Å². The first-order chi connectivity index (χ1) is 18.9. The molecule has 1 saturated heterocycles. The zero-order chi connectivity index (χ0) is 27.5. The summed E-state index contributed by atoms with van der Waals surface area (Å²) < 4.78 is 47.4. The van der Waals surface area contributed by atoms with Crippen LogP contribution in [0.4, 0.5) is 13.2 Å². The van der Waals surface area contributed by atoms with Crippen molar-refractivity contribution < 1.29 is 22.7 Å². The Hall–Kier alpha value is -3.92. The number of pyridine rings is 1. The number of alkyl halides is 2. The number of aromatic nitrogens is 3. The molecule has 2 aromatic carbocycles. The zero-order valence-electron chi connectivity index (χ0n) is 21.8. The van der Waals surface area contributed by atoms with E-state index in [4.69, 9.17) is 4.74 Å². The molecule has 1 aliphatic heterocycles. The molecule has 5 rings (SSSR count). The van der Waals surface area contributed by atoms with E-state index in [1.165, 1.54) is 12.1 Å². The van der Waals surface area contributed by atoms with Crippen LogP contribution in [-0.2, 0) is 0 Å². The molecule has 2 aromatic heterocycles. The summed E-state index contributed by atoms with van der Waals surface area (Å²) in [6.45, 7) is 2.66. The summed E-state index contributed by atoms with van der Waals surface area (Å²) >= 11 is 0. The van der Waals surface area contributed by atoms with Crippen molar-refractivity contribution in [3.63, 3.8) is 0 Å². The van der Waals surface area contributed by atoms with Gasteiger partial charge in [0.1, 0.15) is 23.9 Å². The molecule has 39 heavy (non-hydrogen) atoms. The highest BCUT2D eigenvalue weighted by Gasteiger charge is 2.34. The highest BCUT2D eigenvalue weighted by molar-refractivity contribution is 5.96. The van der Waals surface area contributed by atoms with Crippen LogP contribution in [0, 0.1) is 5.82 Å². The van der Waals surface area contributed by atoms with Crippen LogP contribution in [0.3, 0.4) is 0 Å². The maximum absolute atomic E-state index is 13.9. The molecule has 10 heteroatoms. The lowest BCUT2D eigenvalue weighted by molar-refractivity contribution is 0.0712. The van der Waals surface area contributed by atoms with E-state index in [1.54, 1.807) is 65.8 Å². The Bertz CT molecular complexity index is 1450. The van der Waals surface area contributed by atoms with Gasteiger partial charge in [0.05, 0.1) is 24.4 Å². The Labute approximate surface area is 224 Å².